The van der Waals surface area contributed by atoms with Crippen LogP contribution in [0.15, 0.2) is 23.0 Å². The smallest absolute Gasteiger partial charge is 0.244 e. The molecule has 0 aromatic carbocycles. The Hall–Kier alpha value is -1.79. The van der Waals surface area contributed by atoms with Crippen molar-refractivity contribution >= 4 is 0 Å². The summed E-state index contributed by atoms with van der Waals surface area (Å²) in [5.74, 6) is 1.06. The Kier molecular flexibility index (Phi) is 2.81. The molecule has 3 heterocycles. The highest BCUT2D eigenvalue weighted by Gasteiger charge is 2.28. The van der Waals surface area contributed by atoms with Gasteiger partial charge in [0.05, 0.1) is 12.1 Å². The molecule has 1 aliphatic heterocycles. The van der Waals surface area contributed by atoms with Gasteiger partial charge < -0.3 is 14.9 Å². The summed E-state index contributed by atoms with van der Waals surface area (Å²) in [7, 11) is 0. The van der Waals surface area contributed by atoms with E-state index in [0.29, 0.717) is 24.7 Å². The zero-order valence-electron chi connectivity index (χ0n) is 10.00. The standard InChI is InChI=1S/C12H14N4O2/c1-7-2-3-13-6-9(7)11-15-12(18-16-11)10-4-8(17)5-14-10/h2-3,6,8,10,14,17H,4-5H2,1H3/t8?,10-/m0/s1. The van der Waals surface area contributed by atoms with Gasteiger partial charge in [0, 0.05) is 24.5 Å². The van der Waals surface area contributed by atoms with Crippen molar-refractivity contribution < 1.29 is 9.63 Å². The second-order valence-corrected chi connectivity index (χ2v) is 4.50. The van der Waals surface area contributed by atoms with Crippen molar-refractivity contribution in [1.82, 2.24) is 20.4 Å². The average molecular weight is 246 g/mol. The number of pyridine rings is 1. The lowest BCUT2D eigenvalue weighted by Crippen LogP contribution is -2.15. The first-order valence-electron chi connectivity index (χ1n) is 5.90. The fourth-order valence-corrected chi connectivity index (χ4v) is 2.09. The summed E-state index contributed by atoms with van der Waals surface area (Å²) in [5.41, 5.74) is 1.92. The number of nitrogens with one attached hydrogen (secondary N) is 1. The number of aliphatic hydroxyl groups is 1. The zero-order chi connectivity index (χ0) is 12.5. The lowest BCUT2D eigenvalue weighted by Gasteiger charge is -2.01. The number of aliphatic hydroxyl groups excluding tert-OH is 1. The van der Waals surface area contributed by atoms with E-state index >= 15 is 0 Å². The quantitative estimate of drug-likeness (QED) is 0.816. The number of hydrogen-bond donors (Lipinski definition) is 2. The van der Waals surface area contributed by atoms with Gasteiger partial charge in [0.1, 0.15) is 0 Å². The molecule has 1 aliphatic rings. The Balaban J connectivity index is 1.88. The third-order valence-corrected chi connectivity index (χ3v) is 3.13. The predicted molar refractivity (Wildman–Crippen MR) is 63.6 cm³/mol. The van der Waals surface area contributed by atoms with Gasteiger partial charge >= 0.3 is 0 Å². The van der Waals surface area contributed by atoms with Crippen molar-refractivity contribution in [2.45, 2.75) is 25.5 Å². The molecule has 1 unspecified atom stereocenters. The van der Waals surface area contributed by atoms with Gasteiger partial charge in [0.25, 0.3) is 0 Å². The summed E-state index contributed by atoms with van der Waals surface area (Å²) in [5, 5.41) is 16.6. The molecule has 2 N–H and O–H groups in total. The zero-order valence-corrected chi connectivity index (χ0v) is 10.00. The number of aromatic nitrogens is 3. The minimum atomic E-state index is -0.342. The van der Waals surface area contributed by atoms with Gasteiger partial charge in [-0.25, -0.2) is 0 Å². The van der Waals surface area contributed by atoms with E-state index in [1.165, 1.54) is 0 Å². The lowest BCUT2D eigenvalue weighted by molar-refractivity contribution is 0.191. The highest BCUT2D eigenvalue weighted by Crippen LogP contribution is 2.25. The normalized spacial score (nSPS) is 23.4. The van der Waals surface area contributed by atoms with Crippen LogP contribution in [0.4, 0.5) is 0 Å². The molecule has 2 aromatic rings. The number of aryl methyl sites for hydroxylation is 1. The van der Waals surface area contributed by atoms with Crippen molar-refractivity contribution in [2.24, 2.45) is 0 Å². The van der Waals surface area contributed by atoms with Crippen LogP contribution in [-0.4, -0.2) is 32.9 Å². The largest absolute Gasteiger partial charge is 0.392 e. The van der Waals surface area contributed by atoms with Crippen molar-refractivity contribution in [1.29, 1.82) is 0 Å². The van der Waals surface area contributed by atoms with E-state index < -0.39 is 0 Å². The second kappa shape index (κ2) is 4.47. The predicted octanol–water partition coefficient (Wildman–Crippen LogP) is 0.835. The fourth-order valence-electron chi connectivity index (χ4n) is 2.09. The summed E-state index contributed by atoms with van der Waals surface area (Å²) in [6.07, 6.45) is 3.72. The van der Waals surface area contributed by atoms with E-state index in [4.69, 9.17) is 4.52 Å². The van der Waals surface area contributed by atoms with Crippen LogP contribution in [0.2, 0.25) is 0 Å². The van der Waals surface area contributed by atoms with Crippen molar-refractivity contribution in [3.8, 4) is 11.4 Å². The first-order chi connectivity index (χ1) is 8.74. The average Bonchev–Trinajstić information content (AvgIpc) is 2.98. The van der Waals surface area contributed by atoms with E-state index in [0.717, 1.165) is 11.1 Å². The third-order valence-electron chi connectivity index (χ3n) is 3.13. The maximum atomic E-state index is 9.47. The molecular formula is C12H14N4O2. The summed E-state index contributed by atoms with van der Waals surface area (Å²) in [6.45, 7) is 2.54. The highest BCUT2D eigenvalue weighted by molar-refractivity contribution is 5.57. The van der Waals surface area contributed by atoms with Crippen LogP contribution in [0.3, 0.4) is 0 Å². The monoisotopic (exact) mass is 246 g/mol. The van der Waals surface area contributed by atoms with E-state index in [2.05, 4.69) is 20.4 Å². The minimum Gasteiger partial charge on any atom is -0.392 e. The number of nitrogens with zero attached hydrogens (tertiary/aromatic N) is 3. The van der Waals surface area contributed by atoms with E-state index in [-0.39, 0.29) is 12.1 Å². The van der Waals surface area contributed by atoms with Gasteiger partial charge in [0.2, 0.25) is 11.7 Å². The molecule has 0 aliphatic carbocycles. The number of hydrogen-bond acceptors (Lipinski definition) is 6. The first kappa shape index (κ1) is 11.3. The van der Waals surface area contributed by atoms with Crippen LogP contribution in [0.5, 0.6) is 0 Å². The molecule has 0 bridgehead atoms. The van der Waals surface area contributed by atoms with E-state index in [1.807, 2.05) is 13.0 Å². The molecule has 2 atom stereocenters. The molecule has 0 amide bonds. The van der Waals surface area contributed by atoms with Crippen molar-refractivity contribution in [2.75, 3.05) is 6.54 Å². The van der Waals surface area contributed by atoms with Crippen LogP contribution in [0, 0.1) is 6.92 Å². The molecule has 0 spiro atoms. The molecule has 6 heteroatoms. The molecule has 0 saturated carbocycles. The Labute approximate surface area is 104 Å². The van der Waals surface area contributed by atoms with E-state index in [1.54, 1.807) is 12.4 Å². The SMILES string of the molecule is Cc1ccncc1-c1noc([C@@H]2CC(O)CN2)n1. The number of rotatable bonds is 2. The van der Waals surface area contributed by atoms with Gasteiger partial charge in [-0.2, -0.15) is 4.98 Å². The second-order valence-electron chi connectivity index (χ2n) is 4.50. The molecule has 2 aromatic heterocycles. The van der Waals surface area contributed by atoms with Crippen LogP contribution in [0.25, 0.3) is 11.4 Å². The van der Waals surface area contributed by atoms with Crippen LogP contribution >= 0.6 is 0 Å². The molecule has 94 valence electrons. The minimum absolute atomic E-state index is 0.0572. The lowest BCUT2D eigenvalue weighted by atomic mass is 10.1. The van der Waals surface area contributed by atoms with Gasteiger partial charge in [-0.05, 0) is 25.0 Å². The maximum Gasteiger partial charge on any atom is 0.244 e. The Bertz CT molecular complexity index is 555. The molecule has 1 fully saturated rings. The van der Waals surface area contributed by atoms with Crippen molar-refractivity contribution in [3.05, 3.63) is 29.9 Å². The summed E-state index contributed by atoms with van der Waals surface area (Å²) < 4.78 is 5.24. The summed E-state index contributed by atoms with van der Waals surface area (Å²) >= 11 is 0. The summed E-state index contributed by atoms with van der Waals surface area (Å²) in [6, 6.07) is 1.85. The van der Waals surface area contributed by atoms with Crippen LogP contribution in [-0.2, 0) is 0 Å². The Morgan fingerprint density at radius 2 is 2.39 bits per heavy atom. The van der Waals surface area contributed by atoms with Crippen molar-refractivity contribution in [3.63, 3.8) is 0 Å². The van der Waals surface area contributed by atoms with E-state index in [9.17, 15) is 5.11 Å². The molecule has 6 nitrogen and oxygen atoms in total. The van der Waals surface area contributed by atoms with Crippen LogP contribution < -0.4 is 5.32 Å². The topological polar surface area (TPSA) is 84.1 Å². The van der Waals surface area contributed by atoms with Crippen LogP contribution in [0.1, 0.15) is 23.9 Å². The maximum absolute atomic E-state index is 9.47. The molecule has 0 radical (unpaired) electrons. The highest BCUT2D eigenvalue weighted by atomic mass is 16.5. The van der Waals surface area contributed by atoms with Gasteiger partial charge in [-0.1, -0.05) is 5.16 Å². The van der Waals surface area contributed by atoms with Gasteiger partial charge in [0.15, 0.2) is 0 Å². The first-order valence-corrected chi connectivity index (χ1v) is 5.90. The van der Waals surface area contributed by atoms with Gasteiger partial charge in [-0.3, -0.25) is 4.98 Å². The molecule has 1 saturated heterocycles. The third kappa shape index (κ3) is 2.00. The fraction of sp³-hybridized carbons (Fsp3) is 0.417. The number of β-amino-alcohol motifs (C(OH)–C–C–N with tert-alkyl or cyclic N) is 1. The Morgan fingerprint density at radius 3 is 3.11 bits per heavy atom. The Morgan fingerprint density at radius 1 is 1.50 bits per heavy atom. The molecule has 18 heavy (non-hydrogen) atoms. The van der Waals surface area contributed by atoms with Gasteiger partial charge in [-0.15, -0.1) is 0 Å². The summed E-state index contributed by atoms with van der Waals surface area (Å²) in [4.78, 5) is 8.43. The molecular weight excluding hydrogens is 232 g/mol. The molecule has 3 rings (SSSR count).